The zero-order valence-electron chi connectivity index (χ0n) is 15.4. The summed E-state index contributed by atoms with van der Waals surface area (Å²) in [6.07, 6.45) is 3.07. The van der Waals surface area contributed by atoms with Gasteiger partial charge in [-0.15, -0.1) is 0 Å². The van der Waals surface area contributed by atoms with Crippen LogP contribution in [0.1, 0.15) is 21.6 Å². The van der Waals surface area contributed by atoms with Gasteiger partial charge in [-0.25, -0.2) is 4.39 Å². The standard InChI is InChI=1S/C21H16FN3O4/c1-13-8-9-25(16-6-4-14(22)5-7-16)21(27)19(13)20(26)23-12-15-11-18(29-24-15)17-3-2-10-28-17/h2-11H,12H2,1H3,(H,23,26). The molecule has 0 saturated heterocycles. The molecule has 3 aromatic heterocycles. The summed E-state index contributed by atoms with van der Waals surface area (Å²) in [4.78, 5) is 25.5. The van der Waals surface area contributed by atoms with Gasteiger partial charge in [-0.05, 0) is 55.0 Å². The van der Waals surface area contributed by atoms with Crippen LogP contribution in [0, 0.1) is 12.7 Å². The number of benzene rings is 1. The van der Waals surface area contributed by atoms with Crippen molar-refractivity contribution in [2.24, 2.45) is 0 Å². The first kappa shape index (κ1) is 18.4. The highest BCUT2D eigenvalue weighted by atomic mass is 19.1. The number of hydrogen-bond donors (Lipinski definition) is 1. The van der Waals surface area contributed by atoms with Crippen molar-refractivity contribution in [1.29, 1.82) is 0 Å². The van der Waals surface area contributed by atoms with E-state index in [0.29, 0.717) is 28.5 Å². The van der Waals surface area contributed by atoms with E-state index in [9.17, 15) is 14.0 Å². The van der Waals surface area contributed by atoms with Crippen molar-refractivity contribution < 1.29 is 18.1 Å². The minimum atomic E-state index is -0.536. The smallest absolute Gasteiger partial charge is 0.268 e. The lowest BCUT2D eigenvalue weighted by Crippen LogP contribution is -2.33. The molecule has 0 saturated carbocycles. The van der Waals surface area contributed by atoms with Crippen LogP contribution in [0.3, 0.4) is 0 Å². The van der Waals surface area contributed by atoms with Crippen LogP contribution < -0.4 is 10.9 Å². The van der Waals surface area contributed by atoms with E-state index in [1.54, 1.807) is 37.4 Å². The predicted octanol–water partition coefficient (Wildman–Crippen LogP) is 3.46. The maximum absolute atomic E-state index is 13.2. The summed E-state index contributed by atoms with van der Waals surface area (Å²) in [6, 6.07) is 12.2. The molecule has 0 atom stereocenters. The largest absolute Gasteiger partial charge is 0.461 e. The van der Waals surface area contributed by atoms with Crippen molar-refractivity contribution in [3.8, 4) is 17.2 Å². The third-order valence-electron chi connectivity index (χ3n) is 4.39. The first-order valence-electron chi connectivity index (χ1n) is 8.79. The van der Waals surface area contributed by atoms with Crippen molar-refractivity contribution in [2.75, 3.05) is 0 Å². The Morgan fingerprint density at radius 2 is 1.97 bits per heavy atom. The Kier molecular flexibility index (Phi) is 4.82. The van der Waals surface area contributed by atoms with Gasteiger partial charge < -0.3 is 14.3 Å². The van der Waals surface area contributed by atoms with Crippen LogP contribution >= 0.6 is 0 Å². The molecule has 0 aliphatic carbocycles. The Balaban J connectivity index is 1.55. The molecule has 8 heteroatoms. The van der Waals surface area contributed by atoms with Crippen LogP contribution in [-0.4, -0.2) is 15.6 Å². The van der Waals surface area contributed by atoms with Gasteiger partial charge in [-0.1, -0.05) is 5.16 Å². The third-order valence-corrected chi connectivity index (χ3v) is 4.39. The van der Waals surface area contributed by atoms with Gasteiger partial charge in [0, 0.05) is 18.0 Å². The lowest BCUT2D eigenvalue weighted by atomic mass is 10.1. The molecule has 0 aliphatic rings. The topological polar surface area (TPSA) is 90.3 Å². The molecule has 0 spiro atoms. The normalized spacial score (nSPS) is 10.8. The Bertz CT molecular complexity index is 1210. The number of hydrogen-bond acceptors (Lipinski definition) is 5. The highest BCUT2D eigenvalue weighted by Crippen LogP contribution is 2.20. The fourth-order valence-electron chi connectivity index (χ4n) is 2.90. The van der Waals surface area contributed by atoms with Crippen LogP contribution in [0.5, 0.6) is 0 Å². The fraction of sp³-hybridized carbons (Fsp3) is 0.0952. The molecule has 0 unspecified atom stereocenters. The molecule has 1 aromatic carbocycles. The van der Waals surface area contributed by atoms with Gasteiger partial charge in [-0.2, -0.15) is 0 Å². The molecule has 0 fully saturated rings. The van der Waals surface area contributed by atoms with Crippen LogP contribution in [0.4, 0.5) is 4.39 Å². The molecular formula is C21H16FN3O4. The van der Waals surface area contributed by atoms with Crippen LogP contribution in [-0.2, 0) is 6.54 Å². The number of nitrogens with zero attached hydrogens (tertiary/aromatic N) is 2. The van der Waals surface area contributed by atoms with Crippen LogP contribution in [0.2, 0.25) is 0 Å². The number of carbonyl (C=O) groups is 1. The Morgan fingerprint density at radius 3 is 2.69 bits per heavy atom. The zero-order valence-corrected chi connectivity index (χ0v) is 15.4. The molecule has 3 heterocycles. The Labute approximate surface area is 164 Å². The van der Waals surface area contributed by atoms with Crippen molar-refractivity contribution in [3.05, 3.63) is 94.0 Å². The minimum Gasteiger partial charge on any atom is -0.461 e. The maximum atomic E-state index is 13.2. The number of aryl methyl sites for hydroxylation is 1. The molecule has 4 aromatic rings. The second-order valence-corrected chi connectivity index (χ2v) is 6.37. The minimum absolute atomic E-state index is 0.00609. The SMILES string of the molecule is Cc1ccn(-c2ccc(F)cc2)c(=O)c1C(=O)NCc1cc(-c2ccco2)on1. The van der Waals surface area contributed by atoms with Crippen molar-refractivity contribution in [2.45, 2.75) is 13.5 Å². The van der Waals surface area contributed by atoms with E-state index in [0.717, 1.165) is 0 Å². The van der Waals surface area contributed by atoms with Crippen molar-refractivity contribution in [1.82, 2.24) is 15.0 Å². The molecule has 29 heavy (non-hydrogen) atoms. The third kappa shape index (κ3) is 3.73. The maximum Gasteiger partial charge on any atom is 0.268 e. The Hall–Kier alpha value is -3.94. The average Bonchev–Trinajstić information content (AvgIpc) is 3.39. The monoisotopic (exact) mass is 393 g/mol. The van der Waals surface area contributed by atoms with Gasteiger partial charge in [0.05, 0.1) is 12.8 Å². The van der Waals surface area contributed by atoms with Gasteiger partial charge >= 0.3 is 0 Å². The molecule has 1 N–H and O–H groups in total. The highest BCUT2D eigenvalue weighted by Gasteiger charge is 2.17. The molecular weight excluding hydrogens is 377 g/mol. The second kappa shape index (κ2) is 7.59. The number of furan rings is 1. The molecule has 4 rings (SSSR count). The molecule has 0 bridgehead atoms. The molecule has 0 radical (unpaired) electrons. The van der Waals surface area contributed by atoms with Crippen molar-refractivity contribution in [3.63, 3.8) is 0 Å². The van der Waals surface area contributed by atoms with E-state index in [1.807, 2.05) is 0 Å². The Morgan fingerprint density at radius 1 is 1.17 bits per heavy atom. The fourth-order valence-corrected chi connectivity index (χ4v) is 2.90. The number of rotatable bonds is 5. The number of pyridine rings is 1. The first-order valence-corrected chi connectivity index (χ1v) is 8.79. The summed E-state index contributed by atoms with van der Waals surface area (Å²) in [6.45, 7) is 1.75. The summed E-state index contributed by atoms with van der Waals surface area (Å²) in [5, 5.41) is 6.57. The van der Waals surface area contributed by atoms with E-state index < -0.39 is 17.3 Å². The van der Waals surface area contributed by atoms with Gasteiger partial charge in [0.2, 0.25) is 5.76 Å². The van der Waals surface area contributed by atoms with E-state index in [4.69, 9.17) is 8.94 Å². The summed E-state index contributed by atoms with van der Waals surface area (Å²) >= 11 is 0. The summed E-state index contributed by atoms with van der Waals surface area (Å²) in [5.41, 5.74) is 0.988. The quantitative estimate of drug-likeness (QED) is 0.561. The number of halogens is 1. The number of aromatic nitrogens is 2. The van der Waals surface area contributed by atoms with E-state index in [2.05, 4.69) is 10.5 Å². The van der Waals surface area contributed by atoms with Gasteiger partial charge in [0.15, 0.2) is 5.76 Å². The summed E-state index contributed by atoms with van der Waals surface area (Å²) in [7, 11) is 0. The first-order chi connectivity index (χ1) is 14.0. The van der Waals surface area contributed by atoms with Gasteiger partial charge in [0.25, 0.3) is 11.5 Å². The van der Waals surface area contributed by atoms with Gasteiger partial charge in [0.1, 0.15) is 17.1 Å². The van der Waals surface area contributed by atoms with Gasteiger partial charge in [-0.3, -0.25) is 14.2 Å². The summed E-state index contributed by atoms with van der Waals surface area (Å²) < 4.78 is 24.9. The zero-order chi connectivity index (χ0) is 20.4. The predicted molar refractivity (Wildman–Crippen MR) is 102 cm³/mol. The average molecular weight is 393 g/mol. The van der Waals surface area contributed by atoms with E-state index in [-0.39, 0.29) is 12.1 Å². The lowest BCUT2D eigenvalue weighted by molar-refractivity contribution is 0.0947. The lowest BCUT2D eigenvalue weighted by Gasteiger charge is -2.11. The second-order valence-electron chi connectivity index (χ2n) is 6.37. The summed E-state index contributed by atoms with van der Waals surface area (Å²) in [5.74, 6) is 0.0184. The molecule has 1 amide bonds. The molecule has 7 nitrogen and oxygen atoms in total. The van der Waals surface area contributed by atoms with Crippen LogP contribution in [0.15, 0.2) is 74.7 Å². The van der Waals surface area contributed by atoms with E-state index >= 15 is 0 Å². The molecule has 146 valence electrons. The van der Waals surface area contributed by atoms with Crippen molar-refractivity contribution >= 4 is 5.91 Å². The van der Waals surface area contributed by atoms with Crippen LogP contribution in [0.25, 0.3) is 17.2 Å². The number of carbonyl (C=O) groups excluding carboxylic acids is 1. The number of amides is 1. The highest BCUT2D eigenvalue weighted by molar-refractivity contribution is 5.95. The number of nitrogens with one attached hydrogen (secondary N) is 1. The van der Waals surface area contributed by atoms with E-state index in [1.165, 1.54) is 35.1 Å². The molecule has 0 aliphatic heterocycles.